The van der Waals surface area contributed by atoms with E-state index in [2.05, 4.69) is 26.8 Å². The van der Waals surface area contributed by atoms with Gasteiger partial charge in [-0.05, 0) is 31.8 Å². The van der Waals surface area contributed by atoms with Gasteiger partial charge in [-0.15, -0.1) is 0 Å². The molecule has 0 unspecified atom stereocenters. The van der Waals surface area contributed by atoms with E-state index in [4.69, 9.17) is 4.74 Å². The molecule has 2 aliphatic rings. The molecule has 0 bridgehead atoms. The third-order valence-corrected chi connectivity index (χ3v) is 4.89. The van der Waals surface area contributed by atoms with Crippen molar-refractivity contribution in [2.45, 2.75) is 38.5 Å². The molecule has 2 saturated heterocycles. The zero-order valence-corrected chi connectivity index (χ0v) is 14.0. The number of hydrogen-bond acceptors (Lipinski definition) is 6. The highest BCUT2D eigenvalue weighted by Gasteiger charge is 2.24. The van der Waals surface area contributed by atoms with Crippen molar-refractivity contribution >= 4 is 0 Å². The minimum atomic E-state index is -0.284. The molecule has 2 fully saturated rings. The lowest BCUT2D eigenvalue weighted by atomic mass is 9.99. The molecule has 7 heteroatoms. The lowest BCUT2D eigenvalue weighted by molar-refractivity contribution is -0.0514. The summed E-state index contributed by atoms with van der Waals surface area (Å²) in [5.74, 6) is 0.834. The Kier molecular flexibility index (Phi) is 5.99. The second kappa shape index (κ2) is 8.19. The molecule has 1 aromatic heterocycles. The first-order chi connectivity index (χ1) is 11.2. The van der Waals surface area contributed by atoms with Gasteiger partial charge >= 0.3 is 0 Å². The molecular formula is C16H29N5O2. The Labute approximate surface area is 138 Å². The third kappa shape index (κ3) is 5.24. The van der Waals surface area contributed by atoms with Crippen molar-refractivity contribution in [3.63, 3.8) is 0 Å². The smallest absolute Gasteiger partial charge is 0.137 e. The van der Waals surface area contributed by atoms with Gasteiger partial charge in [-0.25, -0.2) is 4.98 Å². The summed E-state index contributed by atoms with van der Waals surface area (Å²) in [6.07, 6.45) is 5.61. The van der Waals surface area contributed by atoms with Gasteiger partial charge in [-0.1, -0.05) is 6.92 Å². The zero-order valence-electron chi connectivity index (χ0n) is 14.0. The third-order valence-electron chi connectivity index (χ3n) is 4.89. The van der Waals surface area contributed by atoms with Crippen molar-refractivity contribution in [2.75, 3.05) is 45.9 Å². The maximum absolute atomic E-state index is 10.4. The predicted octanol–water partition coefficient (Wildman–Crippen LogP) is 0.0717. The van der Waals surface area contributed by atoms with E-state index in [1.54, 1.807) is 17.3 Å². The second-order valence-corrected chi connectivity index (χ2v) is 7.01. The molecule has 0 spiro atoms. The van der Waals surface area contributed by atoms with Crippen LogP contribution in [-0.4, -0.2) is 87.8 Å². The number of aromatic nitrogens is 3. The molecule has 1 N–H and O–H groups in total. The summed E-state index contributed by atoms with van der Waals surface area (Å²) in [4.78, 5) is 8.67. The Morgan fingerprint density at radius 1 is 1.22 bits per heavy atom. The van der Waals surface area contributed by atoms with Gasteiger partial charge in [0.25, 0.3) is 0 Å². The van der Waals surface area contributed by atoms with Crippen molar-refractivity contribution in [1.29, 1.82) is 0 Å². The maximum Gasteiger partial charge on any atom is 0.137 e. The van der Waals surface area contributed by atoms with Crippen molar-refractivity contribution < 1.29 is 9.84 Å². The molecule has 2 aliphatic heterocycles. The minimum absolute atomic E-state index is 0.119. The van der Waals surface area contributed by atoms with Crippen LogP contribution < -0.4 is 0 Å². The summed E-state index contributed by atoms with van der Waals surface area (Å²) in [6.45, 7) is 9.24. The van der Waals surface area contributed by atoms with Crippen LogP contribution in [0.25, 0.3) is 0 Å². The first-order valence-electron chi connectivity index (χ1n) is 8.76. The lowest BCUT2D eigenvalue weighted by Gasteiger charge is -2.36. The van der Waals surface area contributed by atoms with E-state index in [0.717, 1.165) is 51.7 Å². The average molecular weight is 323 g/mol. The molecule has 7 nitrogen and oxygen atoms in total. The summed E-state index contributed by atoms with van der Waals surface area (Å²) < 4.78 is 7.61. The molecule has 0 aliphatic carbocycles. The highest BCUT2D eigenvalue weighted by atomic mass is 16.5. The molecule has 1 aromatic rings. The quantitative estimate of drug-likeness (QED) is 0.799. The first kappa shape index (κ1) is 16.8. The fourth-order valence-corrected chi connectivity index (χ4v) is 3.49. The van der Waals surface area contributed by atoms with Gasteiger partial charge in [0.15, 0.2) is 0 Å². The van der Waals surface area contributed by atoms with Crippen LogP contribution in [0.15, 0.2) is 12.7 Å². The molecule has 3 rings (SSSR count). The molecule has 130 valence electrons. The summed E-state index contributed by atoms with van der Waals surface area (Å²) in [5, 5.41) is 14.5. The lowest BCUT2D eigenvalue weighted by Crippen LogP contribution is -2.49. The Hall–Kier alpha value is -1.02. The van der Waals surface area contributed by atoms with Gasteiger partial charge in [0, 0.05) is 26.2 Å². The Morgan fingerprint density at radius 2 is 2.00 bits per heavy atom. The molecule has 0 saturated carbocycles. The molecule has 0 aromatic carbocycles. The monoisotopic (exact) mass is 323 g/mol. The number of aliphatic hydroxyl groups is 1. The highest BCUT2D eigenvalue weighted by molar-refractivity contribution is 4.78. The van der Waals surface area contributed by atoms with Crippen LogP contribution in [0.4, 0.5) is 0 Å². The molecule has 0 radical (unpaired) electrons. The number of nitrogens with zero attached hydrogens (tertiary/aromatic N) is 5. The second-order valence-electron chi connectivity index (χ2n) is 7.01. The Balaban J connectivity index is 1.40. The standard InChI is InChI=1S/C16H29N5O2/c1-14-2-4-19(5-3-14)8-15(22)9-20-6-7-23-16(10-20)11-21-13-17-12-18-21/h12-16,22H,2-11H2,1H3/t15-,16+/m0/s1. The van der Waals surface area contributed by atoms with E-state index < -0.39 is 0 Å². The van der Waals surface area contributed by atoms with E-state index in [0.29, 0.717) is 6.61 Å². The number of likely N-dealkylation sites (tertiary alicyclic amines) is 1. The van der Waals surface area contributed by atoms with Crippen LogP contribution in [0.1, 0.15) is 19.8 Å². The van der Waals surface area contributed by atoms with Crippen LogP contribution in [0, 0.1) is 5.92 Å². The molecule has 3 heterocycles. The number of β-amino-alcohol motifs (C(OH)–C–C–N with tert-alkyl or cyclic N) is 1. The minimum Gasteiger partial charge on any atom is -0.390 e. The van der Waals surface area contributed by atoms with E-state index in [-0.39, 0.29) is 12.2 Å². The van der Waals surface area contributed by atoms with Gasteiger partial charge in [0.1, 0.15) is 12.7 Å². The molecule has 2 atom stereocenters. The molecule has 0 amide bonds. The first-order valence-corrected chi connectivity index (χ1v) is 8.76. The number of morpholine rings is 1. The summed E-state index contributed by atoms with van der Waals surface area (Å²) in [6, 6.07) is 0. The zero-order chi connectivity index (χ0) is 16.1. The maximum atomic E-state index is 10.4. The normalized spacial score (nSPS) is 26.4. The Bertz CT molecular complexity index is 447. The van der Waals surface area contributed by atoms with Gasteiger partial charge in [0.2, 0.25) is 0 Å². The van der Waals surface area contributed by atoms with E-state index in [1.807, 2.05) is 0 Å². The largest absolute Gasteiger partial charge is 0.390 e. The van der Waals surface area contributed by atoms with Gasteiger partial charge in [-0.2, -0.15) is 5.10 Å². The van der Waals surface area contributed by atoms with Crippen molar-refractivity contribution in [1.82, 2.24) is 24.6 Å². The number of hydrogen-bond donors (Lipinski definition) is 1. The summed E-state index contributed by atoms with van der Waals surface area (Å²) in [7, 11) is 0. The average Bonchev–Trinajstić information content (AvgIpc) is 3.03. The van der Waals surface area contributed by atoms with Crippen LogP contribution >= 0.6 is 0 Å². The van der Waals surface area contributed by atoms with E-state index in [9.17, 15) is 5.11 Å². The number of aliphatic hydroxyl groups excluding tert-OH is 1. The van der Waals surface area contributed by atoms with E-state index >= 15 is 0 Å². The molecular weight excluding hydrogens is 294 g/mol. The van der Waals surface area contributed by atoms with Crippen LogP contribution in [-0.2, 0) is 11.3 Å². The van der Waals surface area contributed by atoms with Crippen molar-refractivity contribution in [3.8, 4) is 0 Å². The van der Waals surface area contributed by atoms with Crippen LogP contribution in [0.5, 0.6) is 0 Å². The highest BCUT2D eigenvalue weighted by Crippen LogP contribution is 2.16. The summed E-state index contributed by atoms with van der Waals surface area (Å²) >= 11 is 0. The number of piperidine rings is 1. The SMILES string of the molecule is CC1CCN(C[C@H](O)CN2CCO[C@@H](Cn3cncn3)C2)CC1. The fraction of sp³-hybridized carbons (Fsp3) is 0.875. The molecule has 23 heavy (non-hydrogen) atoms. The fourth-order valence-electron chi connectivity index (χ4n) is 3.49. The summed E-state index contributed by atoms with van der Waals surface area (Å²) in [5.41, 5.74) is 0. The van der Waals surface area contributed by atoms with Crippen LogP contribution in [0.2, 0.25) is 0 Å². The number of ether oxygens (including phenoxy) is 1. The predicted molar refractivity (Wildman–Crippen MR) is 87.0 cm³/mol. The van der Waals surface area contributed by atoms with Crippen molar-refractivity contribution in [3.05, 3.63) is 12.7 Å². The number of rotatable bonds is 6. The van der Waals surface area contributed by atoms with Gasteiger partial charge in [0.05, 0.1) is 25.4 Å². The van der Waals surface area contributed by atoms with Crippen LogP contribution in [0.3, 0.4) is 0 Å². The van der Waals surface area contributed by atoms with Gasteiger partial charge < -0.3 is 14.7 Å². The Morgan fingerprint density at radius 3 is 2.74 bits per heavy atom. The van der Waals surface area contributed by atoms with Crippen molar-refractivity contribution in [2.24, 2.45) is 5.92 Å². The van der Waals surface area contributed by atoms with Gasteiger partial charge in [-0.3, -0.25) is 9.58 Å². The van der Waals surface area contributed by atoms with E-state index in [1.165, 1.54) is 12.8 Å². The topological polar surface area (TPSA) is 66.7 Å².